The largest absolute Gasteiger partial charge is 0.381 e. The maximum atomic E-state index is 5.73. The summed E-state index contributed by atoms with van der Waals surface area (Å²) in [5.41, 5.74) is 2.60. The van der Waals surface area contributed by atoms with E-state index in [0.717, 1.165) is 51.5 Å². The van der Waals surface area contributed by atoms with Crippen LogP contribution in [-0.4, -0.2) is 49.3 Å². The van der Waals surface area contributed by atoms with Crippen LogP contribution >= 0.6 is 0 Å². The van der Waals surface area contributed by atoms with Crippen LogP contribution in [0.25, 0.3) is 0 Å². The Morgan fingerprint density at radius 3 is 2.62 bits per heavy atom. The lowest BCUT2D eigenvalue weighted by molar-refractivity contribution is 0.133. The van der Waals surface area contributed by atoms with E-state index >= 15 is 0 Å². The maximum absolute atomic E-state index is 5.73. The fourth-order valence-corrected chi connectivity index (χ4v) is 2.83. The Bertz CT molecular complexity index is 651. The van der Waals surface area contributed by atoms with E-state index in [-0.39, 0.29) is 0 Å². The fourth-order valence-electron chi connectivity index (χ4n) is 2.83. The van der Waals surface area contributed by atoms with Gasteiger partial charge in [-0.1, -0.05) is 30.3 Å². The first-order valence-corrected chi connectivity index (χ1v) is 9.34. The molecule has 0 aliphatic rings. The molecule has 0 amide bonds. The van der Waals surface area contributed by atoms with E-state index in [1.807, 2.05) is 13.1 Å². The molecule has 1 aromatic carbocycles. The number of nitrogens with zero attached hydrogens (tertiary/aromatic N) is 3. The van der Waals surface area contributed by atoms with Crippen molar-refractivity contribution in [2.45, 2.75) is 25.8 Å². The number of aromatic nitrogens is 1. The summed E-state index contributed by atoms with van der Waals surface area (Å²) in [4.78, 5) is 6.51. The Balaban J connectivity index is 1.54. The molecular weight excluding hydrogens is 324 g/mol. The number of ether oxygens (including phenoxy) is 1. The van der Waals surface area contributed by atoms with Crippen LogP contribution in [0.15, 0.2) is 53.7 Å². The number of hydrogen-bond acceptors (Lipinski definition) is 2. The Hall–Kier alpha value is -2.27. The summed E-state index contributed by atoms with van der Waals surface area (Å²) in [5, 5.41) is 3.43. The highest BCUT2D eigenvalue weighted by molar-refractivity contribution is 5.79. The van der Waals surface area contributed by atoms with Gasteiger partial charge in [0.15, 0.2) is 5.96 Å². The van der Waals surface area contributed by atoms with Gasteiger partial charge < -0.3 is 19.5 Å². The molecular formula is C21H32N4O. The molecule has 0 atom stereocenters. The van der Waals surface area contributed by atoms with Crippen molar-refractivity contribution in [3.05, 3.63) is 59.9 Å². The average molecular weight is 357 g/mol. The molecule has 1 heterocycles. The summed E-state index contributed by atoms with van der Waals surface area (Å²) >= 11 is 0. The van der Waals surface area contributed by atoms with Gasteiger partial charge in [-0.2, -0.15) is 0 Å². The molecule has 5 nitrogen and oxygen atoms in total. The van der Waals surface area contributed by atoms with E-state index in [1.165, 1.54) is 11.3 Å². The van der Waals surface area contributed by atoms with Gasteiger partial charge in [0.2, 0.25) is 0 Å². The number of rotatable bonds is 10. The Morgan fingerprint density at radius 1 is 1.12 bits per heavy atom. The normalized spacial score (nSPS) is 11.6. The predicted octanol–water partition coefficient (Wildman–Crippen LogP) is 3.07. The van der Waals surface area contributed by atoms with E-state index in [9.17, 15) is 0 Å². The van der Waals surface area contributed by atoms with Crippen molar-refractivity contribution >= 4 is 5.96 Å². The average Bonchev–Trinajstić information content (AvgIpc) is 3.06. The molecule has 0 radical (unpaired) electrons. The molecule has 0 unspecified atom stereocenters. The number of hydrogen-bond donors (Lipinski definition) is 1. The lowest BCUT2D eigenvalue weighted by Gasteiger charge is -2.22. The summed E-state index contributed by atoms with van der Waals surface area (Å²) in [6, 6.07) is 14.7. The van der Waals surface area contributed by atoms with Gasteiger partial charge in [0.25, 0.3) is 0 Å². The molecule has 2 aromatic rings. The van der Waals surface area contributed by atoms with Gasteiger partial charge in [0.1, 0.15) is 0 Å². The third kappa shape index (κ3) is 6.92. The number of guanidine groups is 1. The topological polar surface area (TPSA) is 41.8 Å². The van der Waals surface area contributed by atoms with Crippen molar-refractivity contribution < 1.29 is 4.74 Å². The van der Waals surface area contributed by atoms with Crippen molar-refractivity contribution in [3.8, 4) is 0 Å². The van der Waals surface area contributed by atoms with Crippen molar-refractivity contribution in [2.24, 2.45) is 12.0 Å². The predicted molar refractivity (Wildman–Crippen MR) is 108 cm³/mol. The number of benzene rings is 1. The quantitative estimate of drug-likeness (QED) is 0.404. The van der Waals surface area contributed by atoms with Crippen LogP contribution in [-0.2, 0) is 24.8 Å². The minimum absolute atomic E-state index is 0.790. The van der Waals surface area contributed by atoms with Crippen LogP contribution < -0.4 is 5.32 Å². The first-order chi connectivity index (χ1) is 12.7. The van der Waals surface area contributed by atoms with Crippen LogP contribution in [0.3, 0.4) is 0 Å². The second-order valence-corrected chi connectivity index (χ2v) is 6.50. The standard InChI is InChI=1S/C21H32N4O/c1-22-21(25(3)18-20-12-9-15-24(20)2)23-14-7-8-16-26-17-13-19-10-5-4-6-11-19/h4-6,9-12,15H,7-8,13-14,16-18H2,1-3H3,(H,22,23). The molecule has 142 valence electrons. The Kier molecular flexibility index (Phi) is 8.76. The van der Waals surface area contributed by atoms with Gasteiger partial charge in [-0.05, 0) is 37.0 Å². The third-order valence-electron chi connectivity index (χ3n) is 4.40. The molecule has 0 aliphatic heterocycles. The minimum atomic E-state index is 0.790. The zero-order valence-electron chi connectivity index (χ0n) is 16.3. The zero-order chi connectivity index (χ0) is 18.6. The Morgan fingerprint density at radius 2 is 1.92 bits per heavy atom. The molecule has 0 spiro atoms. The fraction of sp³-hybridized carbons (Fsp3) is 0.476. The SMILES string of the molecule is CN=C(NCCCCOCCc1ccccc1)N(C)Cc1cccn1C. The van der Waals surface area contributed by atoms with Gasteiger partial charge in [0.05, 0.1) is 13.2 Å². The smallest absolute Gasteiger partial charge is 0.193 e. The Labute approximate surface area is 157 Å². The van der Waals surface area contributed by atoms with E-state index < -0.39 is 0 Å². The molecule has 0 fully saturated rings. The van der Waals surface area contributed by atoms with Gasteiger partial charge in [-0.15, -0.1) is 0 Å². The van der Waals surface area contributed by atoms with Crippen molar-refractivity contribution in [2.75, 3.05) is 33.9 Å². The van der Waals surface area contributed by atoms with E-state index in [1.54, 1.807) is 0 Å². The van der Waals surface area contributed by atoms with E-state index in [0.29, 0.717) is 0 Å². The highest BCUT2D eigenvalue weighted by Gasteiger charge is 2.07. The molecule has 2 rings (SSSR count). The van der Waals surface area contributed by atoms with Crippen LogP contribution in [0.5, 0.6) is 0 Å². The van der Waals surface area contributed by atoms with Crippen LogP contribution in [0.4, 0.5) is 0 Å². The molecule has 0 aliphatic carbocycles. The summed E-state index contributed by atoms with van der Waals surface area (Å²) in [6.45, 7) is 3.35. The number of aryl methyl sites for hydroxylation is 1. The van der Waals surface area contributed by atoms with Crippen molar-refractivity contribution in [1.82, 2.24) is 14.8 Å². The zero-order valence-corrected chi connectivity index (χ0v) is 16.3. The van der Waals surface area contributed by atoms with Crippen molar-refractivity contribution in [3.63, 3.8) is 0 Å². The monoisotopic (exact) mass is 356 g/mol. The lowest BCUT2D eigenvalue weighted by Crippen LogP contribution is -2.39. The van der Waals surface area contributed by atoms with Gasteiger partial charge in [-0.3, -0.25) is 4.99 Å². The summed E-state index contributed by atoms with van der Waals surface area (Å²) in [7, 11) is 5.96. The van der Waals surface area contributed by atoms with E-state index in [2.05, 4.69) is 76.5 Å². The second kappa shape index (κ2) is 11.4. The van der Waals surface area contributed by atoms with Gasteiger partial charge in [0, 0.05) is 46.2 Å². The van der Waals surface area contributed by atoms with Crippen LogP contribution in [0.1, 0.15) is 24.1 Å². The van der Waals surface area contributed by atoms with Crippen LogP contribution in [0.2, 0.25) is 0 Å². The molecule has 0 saturated carbocycles. The van der Waals surface area contributed by atoms with Crippen LogP contribution in [0, 0.1) is 0 Å². The molecule has 5 heteroatoms. The molecule has 0 bridgehead atoms. The van der Waals surface area contributed by atoms with E-state index in [4.69, 9.17) is 4.74 Å². The minimum Gasteiger partial charge on any atom is -0.381 e. The first kappa shape index (κ1) is 20.0. The molecule has 0 saturated heterocycles. The maximum Gasteiger partial charge on any atom is 0.193 e. The second-order valence-electron chi connectivity index (χ2n) is 6.50. The van der Waals surface area contributed by atoms with Crippen molar-refractivity contribution in [1.29, 1.82) is 0 Å². The summed E-state index contributed by atoms with van der Waals surface area (Å²) in [6.07, 6.45) is 5.18. The van der Waals surface area contributed by atoms with Gasteiger partial charge >= 0.3 is 0 Å². The molecule has 26 heavy (non-hydrogen) atoms. The molecule has 1 aromatic heterocycles. The summed E-state index contributed by atoms with van der Waals surface area (Å²) < 4.78 is 7.87. The summed E-state index contributed by atoms with van der Waals surface area (Å²) in [5.74, 6) is 0.927. The first-order valence-electron chi connectivity index (χ1n) is 9.34. The number of unbranched alkanes of at least 4 members (excludes halogenated alkanes) is 1. The number of nitrogens with one attached hydrogen (secondary N) is 1. The lowest BCUT2D eigenvalue weighted by atomic mass is 10.2. The van der Waals surface area contributed by atoms with Gasteiger partial charge in [-0.25, -0.2) is 0 Å². The third-order valence-corrected chi connectivity index (χ3v) is 4.40. The number of aliphatic imine (C=N–C) groups is 1. The highest BCUT2D eigenvalue weighted by atomic mass is 16.5. The molecule has 1 N–H and O–H groups in total. The highest BCUT2D eigenvalue weighted by Crippen LogP contribution is 2.04.